The number of hydrogen-bond acceptors (Lipinski definition) is 5. The summed E-state index contributed by atoms with van der Waals surface area (Å²) in [6.07, 6.45) is 2.02. The third-order valence-corrected chi connectivity index (χ3v) is 5.36. The Hall–Kier alpha value is -2.60. The average Bonchev–Trinajstić information content (AvgIpc) is 2.90. The molecule has 2 aromatic carbocycles. The van der Waals surface area contributed by atoms with Crippen molar-refractivity contribution in [1.82, 2.24) is 5.32 Å². The molecule has 1 unspecified atom stereocenters. The number of amides is 1. The van der Waals surface area contributed by atoms with E-state index < -0.39 is 0 Å². The molecule has 7 heteroatoms. The molecule has 0 spiro atoms. The van der Waals surface area contributed by atoms with Crippen LogP contribution in [0.1, 0.15) is 37.0 Å². The van der Waals surface area contributed by atoms with Gasteiger partial charge in [0.15, 0.2) is 11.5 Å². The maximum atomic E-state index is 12.6. The van der Waals surface area contributed by atoms with Crippen LogP contribution in [0, 0.1) is 0 Å². The Kier molecular flexibility index (Phi) is 6.23. The van der Waals surface area contributed by atoms with Gasteiger partial charge < -0.3 is 24.3 Å². The molecule has 0 saturated heterocycles. The molecular formula is C23H26ClNO5. The first-order valence-corrected chi connectivity index (χ1v) is 10.7. The molecule has 1 atom stereocenters. The molecule has 6 nitrogen and oxygen atoms in total. The fourth-order valence-electron chi connectivity index (χ4n) is 3.74. The van der Waals surface area contributed by atoms with Crippen LogP contribution in [0.5, 0.6) is 23.0 Å². The van der Waals surface area contributed by atoms with Crippen LogP contribution in [0.2, 0.25) is 5.02 Å². The average molecular weight is 432 g/mol. The first-order chi connectivity index (χ1) is 14.5. The number of benzene rings is 2. The Morgan fingerprint density at radius 1 is 1.20 bits per heavy atom. The molecule has 0 radical (unpaired) electrons. The van der Waals surface area contributed by atoms with E-state index in [-0.39, 0.29) is 18.4 Å². The van der Waals surface area contributed by atoms with Gasteiger partial charge in [0.25, 0.3) is 0 Å². The summed E-state index contributed by atoms with van der Waals surface area (Å²) in [6.45, 7) is 6.05. The Morgan fingerprint density at radius 2 is 2.03 bits per heavy atom. The number of ether oxygens (including phenoxy) is 4. The zero-order chi connectivity index (χ0) is 21.1. The molecule has 0 aromatic heterocycles. The van der Waals surface area contributed by atoms with Gasteiger partial charge in [0.2, 0.25) is 5.91 Å². The van der Waals surface area contributed by atoms with Crippen molar-refractivity contribution in [3.05, 3.63) is 46.0 Å². The number of fused-ring (bicyclic) bond motifs is 2. The molecule has 2 aliphatic heterocycles. The van der Waals surface area contributed by atoms with Crippen molar-refractivity contribution in [2.75, 3.05) is 19.8 Å². The molecule has 0 saturated carbocycles. The van der Waals surface area contributed by atoms with Crippen molar-refractivity contribution in [3.63, 3.8) is 0 Å². The molecule has 0 aliphatic carbocycles. The van der Waals surface area contributed by atoms with Crippen LogP contribution in [-0.4, -0.2) is 31.8 Å². The zero-order valence-corrected chi connectivity index (χ0v) is 18.0. The van der Waals surface area contributed by atoms with E-state index in [0.717, 1.165) is 41.0 Å². The third kappa shape index (κ3) is 4.59. The van der Waals surface area contributed by atoms with Crippen molar-refractivity contribution < 1.29 is 23.7 Å². The zero-order valence-electron chi connectivity index (χ0n) is 17.3. The lowest BCUT2D eigenvalue weighted by molar-refractivity contribution is -0.120. The van der Waals surface area contributed by atoms with Crippen molar-refractivity contribution >= 4 is 17.5 Å². The Balaban J connectivity index is 1.44. The molecule has 1 amide bonds. The van der Waals surface area contributed by atoms with Gasteiger partial charge in [-0.15, -0.1) is 0 Å². The summed E-state index contributed by atoms with van der Waals surface area (Å²) in [5.74, 6) is 2.67. The number of rotatable bonds is 6. The lowest BCUT2D eigenvalue weighted by Crippen LogP contribution is -2.25. The van der Waals surface area contributed by atoms with Gasteiger partial charge in [0.1, 0.15) is 17.6 Å². The van der Waals surface area contributed by atoms with Crippen LogP contribution in [0.25, 0.3) is 0 Å². The minimum absolute atomic E-state index is 0.113. The second kappa shape index (κ2) is 9.04. The Morgan fingerprint density at radius 3 is 2.87 bits per heavy atom. The molecule has 2 heterocycles. The van der Waals surface area contributed by atoms with E-state index >= 15 is 0 Å². The van der Waals surface area contributed by atoms with Crippen LogP contribution in [-0.2, 0) is 24.2 Å². The summed E-state index contributed by atoms with van der Waals surface area (Å²) in [6, 6.07) is 7.56. The molecule has 2 aromatic rings. The summed E-state index contributed by atoms with van der Waals surface area (Å²) in [4.78, 5) is 12.6. The van der Waals surface area contributed by atoms with Gasteiger partial charge in [-0.05, 0) is 43.7 Å². The summed E-state index contributed by atoms with van der Waals surface area (Å²) in [5.41, 5.74) is 2.82. The fourth-order valence-corrected chi connectivity index (χ4v) is 4.03. The van der Waals surface area contributed by atoms with Crippen LogP contribution in [0.3, 0.4) is 0 Å². The number of nitrogens with one attached hydrogen (secondary N) is 1. The largest absolute Gasteiger partial charge is 0.494 e. The minimum Gasteiger partial charge on any atom is -0.494 e. The quantitative estimate of drug-likeness (QED) is 0.746. The standard InChI is InChI=1S/C23H26ClNO5/c1-3-27-19-11-16-7-14(2)30-20(16)12-17(19)13-25-22(26)10-15-8-18(24)23-21(9-15)28-5-4-6-29-23/h8-9,11-12,14H,3-7,10,13H2,1-2H3,(H,25,26). The summed E-state index contributed by atoms with van der Waals surface area (Å²) < 4.78 is 23.0. The SMILES string of the molecule is CCOc1cc2c(cc1CNC(=O)Cc1cc(Cl)c3c(c1)OCCCO3)OC(C)C2. The van der Waals surface area contributed by atoms with Crippen LogP contribution in [0.15, 0.2) is 24.3 Å². The third-order valence-electron chi connectivity index (χ3n) is 5.08. The summed E-state index contributed by atoms with van der Waals surface area (Å²) in [5, 5.41) is 3.43. The molecule has 0 bridgehead atoms. The summed E-state index contributed by atoms with van der Waals surface area (Å²) >= 11 is 6.33. The molecule has 1 N–H and O–H groups in total. The molecule has 2 aliphatic rings. The normalized spacial score (nSPS) is 17.0. The molecule has 0 fully saturated rings. The maximum Gasteiger partial charge on any atom is 0.224 e. The summed E-state index contributed by atoms with van der Waals surface area (Å²) in [7, 11) is 0. The molecule has 160 valence electrons. The van der Waals surface area contributed by atoms with E-state index in [0.29, 0.717) is 42.9 Å². The first kappa shape index (κ1) is 20.7. The second-order valence-corrected chi connectivity index (χ2v) is 7.95. The smallest absolute Gasteiger partial charge is 0.224 e. The van der Waals surface area contributed by atoms with Gasteiger partial charge >= 0.3 is 0 Å². The van der Waals surface area contributed by atoms with Gasteiger partial charge in [0.05, 0.1) is 31.3 Å². The van der Waals surface area contributed by atoms with Crippen LogP contribution in [0.4, 0.5) is 0 Å². The maximum absolute atomic E-state index is 12.6. The van der Waals surface area contributed by atoms with Crippen molar-refractivity contribution in [3.8, 4) is 23.0 Å². The van der Waals surface area contributed by atoms with E-state index in [9.17, 15) is 4.79 Å². The Bertz CT molecular complexity index is 946. The lowest BCUT2D eigenvalue weighted by atomic mass is 10.1. The number of halogens is 1. The van der Waals surface area contributed by atoms with Gasteiger partial charge in [-0.2, -0.15) is 0 Å². The highest BCUT2D eigenvalue weighted by Crippen LogP contribution is 2.38. The van der Waals surface area contributed by atoms with E-state index in [2.05, 4.69) is 5.32 Å². The van der Waals surface area contributed by atoms with E-state index in [1.54, 1.807) is 6.07 Å². The van der Waals surface area contributed by atoms with Gasteiger partial charge in [-0.3, -0.25) is 4.79 Å². The van der Waals surface area contributed by atoms with Crippen molar-refractivity contribution in [2.24, 2.45) is 0 Å². The molecule has 4 rings (SSSR count). The van der Waals surface area contributed by atoms with Crippen molar-refractivity contribution in [1.29, 1.82) is 0 Å². The Labute approximate surface area is 181 Å². The predicted molar refractivity (Wildman–Crippen MR) is 114 cm³/mol. The lowest BCUT2D eigenvalue weighted by Gasteiger charge is -2.14. The highest BCUT2D eigenvalue weighted by atomic mass is 35.5. The highest BCUT2D eigenvalue weighted by Gasteiger charge is 2.22. The first-order valence-electron chi connectivity index (χ1n) is 10.3. The highest BCUT2D eigenvalue weighted by molar-refractivity contribution is 6.32. The van der Waals surface area contributed by atoms with Crippen molar-refractivity contribution in [2.45, 2.75) is 45.8 Å². The number of carbonyl (C=O) groups is 1. The van der Waals surface area contributed by atoms with Gasteiger partial charge in [-0.25, -0.2) is 0 Å². The fraction of sp³-hybridized carbons (Fsp3) is 0.435. The van der Waals surface area contributed by atoms with Gasteiger partial charge in [-0.1, -0.05) is 11.6 Å². The molecule has 30 heavy (non-hydrogen) atoms. The molecular weight excluding hydrogens is 406 g/mol. The van der Waals surface area contributed by atoms with Gasteiger partial charge in [0, 0.05) is 30.5 Å². The second-order valence-electron chi connectivity index (χ2n) is 7.54. The predicted octanol–water partition coefficient (Wildman–Crippen LogP) is 4.08. The minimum atomic E-state index is -0.113. The number of hydrogen-bond donors (Lipinski definition) is 1. The topological polar surface area (TPSA) is 66.0 Å². The van der Waals surface area contributed by atoms with Crippen LogP contribution >= 0.6 is 11.6 Å². The number of carbonyl (C=O) groups excluding carboxylic acids is 1. The van der Waals surface area contributed by atoms with Crippen LogP contribution < -0.4 is 24.3 Å². The van der Waals surface area contributed by atoms with E-state index in [1.165, 1.54) is 0 Å². The van der Waals surface area contributed by atoms with E-state index in [1.807, 2.05) is 32.0 Å². The van der Waals surface area contributed by atoms with E-state index in [4.69, 9.17) is 30.5 Å². The monoisotopic (exact) mass is 431 g/mol.